The molecule has 1 radical (unpaired) electrons. The second-order valence-electron chi connectivity index (χ2n) is 14.4. The molecule has 1 heterocycles. The van der Waals surface area contributed by atoms with Crippen LogP contribution in [0.2, 0.25) is 0 Å². The summed E-state index contributed by atoms with van der Waals surface area (Å²) in [5.41, 5.74) is 6.06. The van der Waals surface area contributed by atoms with Gasteiger partial charge >= 0.3 is 19.5 Å². The Hall–Kier alpha value is -5.43. The Balaban J connectivity index is 0.000000200. The maximum Gasteiger partial charge on any atom is 2.00 e. The van der Waals surface area contributed by atoms with E-state index in [2.05, 4.69) is 189 Å². The van der Waals surface area contributed by atoms with Gasteiger partial charge in [-0.2, -0.15) is 6.20 Å². The van der Waals surface area contributed by atoms with Gasteiger partial charge in [-0.1, -0.05) is 157 Å². The van der Waals surface area contributed by atoms with Crippen molar-refractivity contribution >= 4 is 42.8 Å². The summed E-state index contributed by atoms with van der Waals surface area (Å²) in [6.07, 6.45) is 17.4. The number of allylic oxidation sites excluding steroid dienone is 7. The van der Waals surface area contributed by atoms with E-state index in [4.69, 9.17) is 9.73 Å². The molecule has 0 amide bonds. The van der Waals surface area contributed by atoms with E-state index < -0.39 is 15.8 Å². The number of benzene rings is 6. The standard InChI is InChI=1S/C26H24P2.C23H23NO2.C5H6N.Rh/c1-5-13-23(14-6-1)27(24-15-7-2-8-16-24)21-22-28(25-17-9-3-10-18-25)26-19-11-4-12-20-26;1-16-4-8-18(9-5-16)22(19-10-6-17(2)7-11-19)24-21-14-12-20(13-15-21)23(25)26-3;1-2-4-6-5-3-1;/h1-20H,21-22H2;4-15,22,25H,1-3H3;1-4H,5H2;/q;;-1;+2/p+1. The molecule has 8 rings (SSSR count). The van der Waals surface area contributed by atoms with Crippen LogP contribution in [0, 0.1) is 13.8 Å². The second kappa shape index (κ2) is 25.4. The summed E-state index contributed by atoms with van der Waals surface area (Å²) in [7, 11) is -0.186. The largest absolute Gasteiger partial charge is 2.00 e. The van der Waals surface area contributed by atoms with Crippen LogP contribution in [-0.2, 0) is 24.2 Å². The monoisotopic (exact) mass is 927 g/mol. The number of methoxy groups -OCH3 is 1. The molecule has 0 bridgehead atoms. The summed E-state index contributed by atoms with van der Waals surface area (Å²) in [6.45, 7) is 5.01. The third-order valence-electron chi connectivity index (χ3n) is 10.1. The molecule has 61 heavy (non-hydrogen) atoms. The zero-order valence-electron chi connectivity index (χ0n) is 35.0. The summed E-state index contributed by atoms with van der Waals surface area (Å²) < 4.78 is 4.75. The number of aliphatic imine (C=N–C) groups is 1. The molecule has 0 saturated heterocycles. The van der Waals surface area contributed by atoms with Gasteiger partial charge in [-0.05, 0) is 98.3 Å². The summed E-state index contributed by atoms with van der Waals surface area (Å²) in [6, 6.07) is 61.3. The van der Waals surface area contributed by atoms with E-state index in [1.807, 2.05) is 30.4 Å². The van der Waals surface area contributed by atoms with Gasteiger partial charge in [0.25, 0.3) is 0 Å². The van der Waals surface area contributed by atoms with Crippen LogP contribution in [0.25, 0.3) is 5.32 Å². The number of hydrogen-bond donors (Lipinski definition) is 0. The molecule has 0 unspecified atom stereocenters. The smallest absolute Gasteiger partial charge is 0.687 e. The number of ether oxygens (including phenoxy) is 1. The first-order chi connectivity index (χ1) is 29.5. The second-order valence-corrected chi connectivity index (χ2v) is 19.7. The van der Waals surface area contributed by atoms with Gasteiger partial charge in [0.1, 0.15) is 18.4 Å². The summed E-state index contributed by atoms with van der Waals surface area (Å²) in [5.74, 6) is -0.342. The van der Waals surface area contributed by atoms with Crippen LogP contribution in [-0.4, -0.2) is 31.7 Å². The zero-order chi connectivity index (χ0) is 41.8. The maximum absolute atomic E-state index is 11.6. The minimum Gasteiger partial charge on any atom is -0.687 e. The Morgan fingerprint density at radius 2 is 0.967 bits per heavy atom. The van der Waals surface area contributed by atoms with Crippen LogP contribution in [0.15, 0.2) is 235 Å². The van der Waals surface area contributed by atoms with Crippen molar-refractivity contribution in [3.8, 4) is 0 Å². The predicted molar refractivity (Wildman–Crippen MR) is 261 cm³/mol. The third kappa shape index (κ3) is 14.6. The Morgan fingerprint density at radius 3 is 1.26 bits per heavy atom. The van der Waals surface area contributed by atoms with Gasteiger partial charge in [0.15, 0.2) is 0 Å². The molecule has 7 heteroatoms. The van der Waals surface area contributed by atoms with Gasteiger partial charge < -0.3 is 15.2 Å². The minimum atomic E-state index is -0.783. The van der Waals surface area contributed by atoms with E-state index in [1.165, 1.54) is 51.8 Å². The summed E-state index contributed by atoms with van der Waals surface area (Å²) >= 11 is 0. The normalized spacial score (nSPS) is 12.4. The number of rotatable bonds is 11. The molecule has 4 nitrogen and oxygen atoms in total. The maximum atomic E-state index is 11.6. The molecule has 1 aliphatic heterocycles. The molecule has 6 aromatic rings. The minimum absolute atomic E-state index is 0. The molecule has 0 aromatic heterocycles. The third-order valence-corrected chi connectivity index (χ3v) is 16.2. The van der Waals surface area contributed by atoms with E-state index in [-0.39, 0.29) is 31.5 Å². The van der Waals surface area contributed by atoms with Crippen molar-refractivity contribution in [1.29, 1.82) is 0 Å². The first-order valence-electron chi connectivity index (χ1n) is 20.4. The zero-order valence-corrected chi connectivity index (χ0v) is 38.7. The van der Waals surface area contributed by atoms with Crippen molar-refractivity contribution in [2.24, 2.45) is 4.99 Å². The van der Waals surface area contributed by atoms with Crippen LogP contribution >= 0.6 is 15.8 Å². The van der Waals surface area contributed by atoms with Crippen molar-refractivity contribution in [2.45, 2.75) is 19.9 Å². The van der Waals surface area contributed by atoms with Crippen molar-refractivity contribution in [1.82, 2.24) is 0 Å². The number of aryl methyl sites for hydroxylation is 2. The first kappa shape index (κ1) is 46.6. The molecular weight excluding hydrogens is 873 g/mol. The van der Waals surface area contributed by atoms with Gasteiger partial charge in [-0.25, -0.2) is 0 Å². The molecular formula is C54H54N2O2P2Rh+2. The fraction of sp³-hybridized carbons (Fsp3) is 0.130. The molecule has 0 fully saturated rings. The molecule has 2 aliphatic rings. The van der Waals surface area contributed by atoms with Gasteiger partial charge in [0.2, 0.25) is 0 Å². The van der Waals surface area contributed by atoms with Crippen molar-refractivity contribution in [3.05, 3.63) is 258 Å². The van der Waals surface area contributed by atoms with E-state index >= 15 is 0 Å². The van der Waals surface area contributed by atoms with Crippen LogP contribution in [0.4, 0.5) is 0 Å². The summed E-state index contributed by atoms with van der Waals surface area (Å²) in [4.78, 5) is 4.93. The molecule has 0 saturated carbocycles. The van der Waals surface area contributed by atoms with Gasteiger partial charge in [0, 0.05) is 0 Å². The number of hydrogen-bond acceptors (Lipinski definition) is 3. The summed E-state index contributed by atoms with van der Waals surface area (Å²) in [5, 5.41) is 21.6. The Bertz CT molecular complexity index is 2140. The van der Waals surface area contributed by atoms with Crippen molar-refractivity contribution in [2.75, 3.05) is 26.0 Å². The Labute approximate surface area is 378 Å². The number of nitrogens with zero attached hydrogens (tertiary/aromatic N) is 2. The first-order valence-corrected chi connectivity index (χ1v) is 23.8. The molecule has 0 atom stereocenters. The Kier molecular flexibility index (Phi) is 19.4. The quantitative estimate of drug-likeness (QED) is 0.0739. The van der Waals surface area contributed by atoms with Crippen molar-refractivity contribution in [3.63, 3.8) is 0 Å². The SMILES string of the molecule is C1=CC[N-]C=C1.COC([O-])=C1C=CC(=NC(c2ccc(C)cc2)c2ccc(C)cc2)C=C1.[Rh+2].c1ccc([PH+](CC[PH+](c2ccccc2)c2ccccc2)c2ccccc2)cc1. The van der Waals surface area contributed by atoms with Crippen LogP contribution in [0.3, 0.4) is 0 Å². The molecule has 309 valence electrons. The Morgan fingerprint density at radius 1 is 0.574 bits per heavy atom. The predicted octanol–water partition coefficient (Wildman–Crippen LogP) is 10.3. The van der Waals surface area contributed by atoms with E-state index in [0.717, 1.165) is 23.4 Å². The average Bonchev–Trinajstić information content (AvgIpc) is 3.32. The fourth-order valence-corrected chi connectivity index (χ4v) is 13.1. The van der Waals surface area contributed by atoms with E-state index in [0.29, 0.717) is 5.57 Å². The van der Waals surface area contributed by atoms with Gasteiger partial charge in [-0.15, -0.1) is 12.6 Å². The van der Waals surface area contributed by atoms with Gasteiger partial charge in [0.05, 0.1) is 48.7 Å². The van der Waals surface area contributed by atoms with Crippen LogP contribution < -0.4 is 26.3 Å². The van der Waals surface area contributed by atoms with E-state index in [9.17, 15) is 5.11 Å². The van der Waals surface area contributed by atoms with Crippen LogP contribution in [0.5, 0.6) is 0 Å². The average molecular weight is 928 g/mol. The van der Waals surface area contributed by atoms with Crippen molar-refractivity contribution < 1.29 is 29.3 Å². The van der Waals surface area contributed by atoms with Gasteiger partial charge in [-0.3, -0.25) is 4.99 Å². The molecule has 0 N–H and O–H groups in total. The molecule has 0 spiro atoms. The molecule has 6 aromatic carbocycles. The van der Waals surface area contributed by atoms with E-state index in [1.54, 1.807) is 18.4 Å². The topological polar surface area (TPSA) is 58.8 Å². The van der Waals surface area contributed by atoms with Crippen LogP contribution in [0.1, 0.15) is 28.3 Å². The fourth-order valence-electron chi connectivity index (χ4n) is 6.88. The molecule has 1 aliphatic carbocycles.